The maximum Gasteiger partial charge on any atom is 0.267 e. The van der Waals surface area contributed by atoms with Gasteiger partial charge < -0.3 is 0 Å². The minimum Gasteiger partial charge on any atom is -0.244 e. The SMILES string of the molecule is FC(F)c1c(CBr)ccnc1Cl. The molecule has 1 aromatic rings. The average molecular weight is 256 g/mol. The maximum atomic E-state index is 12.3. The molecule has 1 rings (SSSR count). The third-order valence-electron chi connectivity index (χ3n) is 1.39. The average Bonchev–Trinajstić information content (AvgIpc) is 2.03. The minimum absolute atomic E-state index is 0.123. The van der Waals surface area contributed by atoms with E-state index in [0.717, 1.165) is 0 Å². The summed E-state index contributed by atoms with van der Waals surface area (Å²) in [6.07, 6.45) is -1.16. The first-order valence-electron chi connectivity index (χ1n) is 3.14. The van der Waals surface area contributed by atoms with E-state index in [1.54, 1.807) is 0 Å². The number of hydrogen-bond donors (Lipinski definition) is 0. The number of aromatic nitrogens is 1. The van der Waals surface area contributed by atoms with Crippen molar-refractivity contribution in [3.63, 3.8) is 0 Å². The summed E-state index contributed by atoms with van der Waals surface area (Å²) in [4.78, 5) is 3.57. The molecule has 0 aliphatic heterocycles. The molecule has 5 heteroatoms. The Balaban J connectivity index is 3.20. The Bertz CT molecular complexity index is 280. The van der Waals surface area contributed by atoms with Gasteiger partial charge in [0.1, 0.15) is 5.15 Å². The quantitative estimate of drug-likeness (QED) is 0.582. The Morgan fingerprint density at radius 3 is 2.67 bits per heavy atom. The Labute approximate surface area is 81.9 Å². The molecule has 1 aromatic heterocycles. The van der Waals surface area contributed by atoms with Crippen molar-refractivity contribution in [1.29, 1.82) is 0 Å². The summed E-state index contributed by atoms with van der Waals surface area (Å²) in [6, 6.07) is 1.52. The standard InChI is InChI=1S/C7H5BrClF2N/c8-3-4-1-2-12-6(9)5(4)7(10)11/h1-2,7H,3H2. The van der Waals surface area contributed by atoms with Crippen molar-refractivity contribution >= 4 is 27.5 Å². The number of halogens is 4. The molecule has 0 saturated heterocycles. The first kappa shape index (κ1) is 9.86. The van der Waals surface area contributed by atoms with Crippen LogP contribution in [-0.2, 0) is 5.33 Å². The van der Waals surface area contributed by atoms with Crippen LogP contribution in [0.25, 0.3) is 0 Å². The number of rotatable bonds is 2. The summed E-state index contributed by atoms with van der Waals surface area (Å²) in [5.74, 6) is 0. The van der Waals surface area contributed by atoms with Crippen molar-refractivity contribution in [3.8, 4) is 0 Å². The molecule has 0 aromatic carbocycles. The van der Waals surface area contributed by atoms with Crippen LogP contribution >= 0.6 is 27.5 Å². The highest BCUT2D eigenvalue weighted by Gasteiger charge is 2.16. The highest BCUT2D eigenvalue weighted by atomic mass is 79.9. The lowest BCUT2D eigenvalue weighted by Crippen LogP contribution is -1.95. The van der Waals surface area contributed by atoms with Crippen LogP contribution in [0.3, 0.4) is 0 Å². The fourth-order valence-corrected chi connectivity index (χ4v) is 1.58. The smallest absolute Gasteiger partial charge is 0.244 e. The van der Waals surface area contributed by atoms with Crippen LogP contribution in [-0.4, -0.2) is 4.98 Å². The van der Waals surface area contributed by atoms with Crippen molar-refractivity contribution in [3.05, 3.63) is 28.5 Å². The van der Waals surface area contributed by atoms with Gasteiger partial charge in [-0.1, -0.05) is 27.5 Å². The zero-order valence-electron chi connectivity index (χ0n) is 5.90. The number of hydrogen-bond acceptors (Lipinski definition) is 1. The summed E-state index contributed by atoms with van der Waals surface area (Å²) in [7, 11) is 0. The van der Waals surface area contributed by atoms with Gasteiger partial charge in [0.15, 0.2) is 0 Å². The Hall–Kier alpha value is -0.220. The van der Waals surface area contributed by atoms with E-state index >= 15 is 0 Å². The van der Waals surface area contributed by atoms with Crippen LogP contribution < -0.4 is 0 Å². The molecule has 0 amide bonds. The lowest BCUT2D eigenvalue weighted by molar-refractivity contribution is 0.150. The predicted molar refractivity (Wildman–Crippen MR) is 46.8 cm³/mol. The molecule has 0 saturated carbocycles. The summed E-state index contributed by atoms with van der Waals surface area (Å²) in [6.45, 7) is 0. The van der Waals surface area contributed by atoms with E-state index in [4.69, 9.17) is 11.6 Å². The molecule has 0 unspecified atom stereocenters. The van der Waals surface area contributed by atoms with Crippen LogP contribution in [0.4, 0.5) is 8.78 Å². The third kappa shape index (κ3) is 1.93. The van der Waals surface area contributed by atoms with Crippen molar-refractivity contribution in [1.82, 2.24) is 4.98 Å². The molecule has 0 aliphatic carbocycles. The third-order valence-corrected chi connectivity index (χ3v) is 2.30. The first-order chi connectivity index (χ1) is 5.66. The van der Waals surface area contributed by atoms with Crippen molar-refractivity contribution in [2.24, 2.45) is 0 Å². The second-order valence-electron chi connectivity index (χ2n) is 2.11. The molecule has 1 heterocycles. The van der Waals surface area contributed by atoms with Crippen molar-refractivity contribution in [2.75, 3.05) is 0 Å². The van der Waals surface area contributed by atoms with Gasteiger partial charge in [-0.25, -0.2) is 13.8 Å². The molecule has 0 fully saturated rings. The molecular formula is C7H5BrClF2N. The lowest BCUT2D eigenvalue weighted by Gasteiger charge is -2.06. The largest absolute Gasteiger partial charge is 0.267 e. The van der Waals surface area contributed by atoms with Crippen LogP contribution in [0.5, 0.6) is 0 Å². The summed E-state index contributed by atoms with van der Waals surface area (Å²) < 4.78 is 24.7. The van der Waals surface area contributed by atoms with Gasteiger partial charge in [-0.15, -0.1) is 0 Å². The lowest BCUT2D eigenvalue weighted by atomic mass is 10.2. The molecule has 0 radical (unpaired) electrons. The van der Waals surface area contributed by atoms with Gasteiger partial charge in [0.2, 0.25) is 0 Å². The van der Waals surface area contributed by atoms with Gasteiger partial charge in [-0.05, 0) is 11.6 Å². The summed E-state index contributed by atoms with van der Waals surface area (Å²) in [5, 5.41) is 0.233. The van der Waals surface area contributed by atoms with Crippen LogP contribution in [0.1, 0.15) is 17.6 Å². The Morgan fingerprint density at radius 2 is 2.25 bits per heavy atom. The van der Waals surface area contributed by atoms with E-state index in [2.05, 4.69) is 20.9 Å². The highest BCUT2D eigenvalue weighted by molar-refractivity contribution is 9.08. The van der Waals surface area contributed by atoms with Crippen molar-refractivity contribution < 1.29 is 8.78 Å². The zero-order valence-corrected chi connectivity index (χ0v) is 8.24. The summed E-state index contributed by atoms with van der Waals surface area (Å²) >= 11 is 8.58. The van der Waals surface area contributed by atoms with E-state index in [9.17, 15) is 8.78 Å². The monoisotopic (exact) mass is 255 g/mol. The maximum absolute atomic E-state index is 12.3. The Kier molecular flexibility index (Phi) is 3.40. The van der Waals surface area contributed by atoms with E-state index in [0.29, 0.717) is 10.9 Å². The number of pyridine rings is 1. The van der Waals surface area contributed by atoms with E-state index in [1.807, 2.05) is 0 Å². The topological polar surface area (TPSA) is 12.9 Å². The molecule has 0 bridgehead atoms. The second kappa shape index (κ2) is 4.14. The molecular weight excluding hydrogens is 251 g/mol. The van der Waals surface area contributed by atoms with Crippen LogP contribution in [0.2, 0.25) is 5.15 Å². The van der Waals surface area contributed by atoms with Gasteiger partial charge in [-0.3, -0.25) is 0 Å². The Morgan fingerprint density at radius 1 is 1.58 bits per heavy atom. The minimum atomic E-state index is -2.57. The van der Waals surface area contributed by atoms with Gasteiger partial charge in [-0.2, -0.15) is 0 Å². The van der Waals surface area contributed by atoms with E-state index < -0.39 is 6.43 Å². The van der Waals surface area contributed by atoms with Gasteiger partial charge in [0.05, 0.1) is 5.56 Å². The predicted octanol–water partition coefficient (Wildman–Crippen LogP) is 3.57. The van der Waals surface area contributed by atoms with Crippen molar-refractivity contribution in [2.45, 2.75) is 11.8 Å². The van der Waals surface area contributed by atoms with Crippen LogP contribution in [0, 0.1) is 0 Å². The van der Waals surface area contributed by atoms with Gasteiger partial charge in [0, 0.05) is 11.5 Å². The number of nitrogens with zero attached hydrogens (tertiary/aromatic N) is 1. The second-order valence-corrected chi connectivity index (χ2v) is 3.03. The van der Waals surface area contributed by atoms with Gasteiger partial charge in [0.25, 0.3) is 6.43 Å². The fraction of sp³-hybridized carbons (Fsp3) is 0.286. The molecule has 0 N–H and O–H groups in total. The zero-order chi connectivity index (χ0) is 9.14. The number of alkyl halides is 3. The van der Waals surface area contributed by atoms with E-state index in [-0.39, 0.29) is 10.7 Å². The fourth-order valence-electron chi connectivity index (χ4n) is 0.831. The van der Waals surface area contributed by atoms with E-state index in [1.165, 1.54) is 12.3 Å². The molecule has 0 atom stereocenters. The van der Waals surface area contributed by atoms with Gasteiger partial charge >= 0.3 is 0 Å². The normalized spacial score (nSPS) is 10.8. The molecule has 66 valence electrons. The molecule has 12 heavy (non-hydrogen) atoms. The first-order valence-corrected chi connectivity index (χ1v) is 4.64. The molecule has 0 aliphatic rings. The molecule has 1 nitrogen and oxygen atoms in total. The summed E-state index contributed by atoms with van der Waals surface area (Å²) in [5.41, 5.74) is 0.293. The van der Waals surface area contributed by atoms with Crippen LogP contribution in [0.15, 0.2) is 12.3 Å². The highest BCUT2D eigenvalue weighted by Crippen LogP contribution is 2.29. The molecule has 0 spiro atoms.